The molecule has 0 saturated carbocycles. The Morgan fingerprint density at radius 1 is 1.58 bits per heavy atom. The van der Waals surface area contributed by atoms with Gasteiger partial charge in [0, 0.05) is 24.9 Å². The molecular weight excluding hydrogens is 268 g/mol. The molecule has 1 aromatic heterocycles. The van der Waals surface area contributed by atoms with E-state index in [0.717, 1.165) is 5.69 Å². The molecule has 106 valence electrons. The largest absolute Gasteiger partial charge is 0.391 e. The molecule has 1 rings (SSSR count). The summed E-state index contributed by atoms with van der Waals surface area (Å²) in [6.07, 6.45) is 0.587. The maximum absolute atomic E-state index is 11.9. The number of pyridine rings is 1. The number of hydrogen-bond acceptors (Lipinski definition) is 4. The number of carbonyl (C=O) groups excluding carboxylic acids is 1. The van der Waals surface area contributed by atoms with Crippen LogP contribution in [-0.2, 0) is 11.2 Å². The number of nitrogens with one attached hydrogen (secondary N) is 1. The quantitative estimate of drug-likeness (QED) is 0.744. The zero-order valence-electron chi connectivity index (χ0n) is 11.1. The molecule has 0 radical (unpaired) electrons. The van der Waals surface area contributed by atoms with Crippen LogP contribution in [0.25, 0.3) is 0 Å². The minimum Gasteiger partial charge on any atom is -0.391 e. The second-order valence-electron chi connectivity index (χ2n) is 4.18. The number of methoxy groups -OCH3 is 1. The summed E-state index contributed by atoms with van der Waals surface area (Å²) in [4.78, 5) is 16.0. The van der Waals surface area contributed by atoms with Crippen LogP contribution < -0.4 is 5.32 Å². The summed E-state index contributed by atoms with van der Waals surface area (Å²) in [5.41, 5.74) is 1.26. The van der Waals surface area contributed by atoms with Gasteiger partial charge in [0.1, 0.15) is 5.15 Å². The van der Waals surface area contributed by atoms with E-state index in [1.54, 1.807) is 6.07 Å². The molecule has 6 heteroatoms. The van der Waals surface area contributed by atoms with Gasteiger partial charge in [-0.3, -0.25) is 4.79 Å². The predicted molar refractivity (Wildman–Crippen MR) is 73.5 cm³/mol. The Balaban J connectivity index is 2.51. The Morgan fingerprint density at radius 2 is 2.32 bits per heavy atom. The van der Waals surface area contributed by atoms with E-state index in [9.17, 15) is 9.90 Å². The molecule has 0 aliphatic heterocycles. The molecule has 0 aromatic carbocycles. The van der Waals surface area contributed by atoms with Crippen LogP contribution in [0.4, 0.5) is 0 Å². The molecule has 0 aliphatic carbocycles. The smallest absolute Gasteiger partial charge is 0.251 e. The van der Waals surface area contributed by atoms with E-state index < -0.39 is 6.10 Å². The third-order valence-corrected chi connectivity index (χ3v) is 2.79. The summed E-state index contributed by atoms with van der Waals surface area (Å²) in [6, 6.07) is 3.24. The number of hydrogen-bond donors (Lipinski definition) is 2. The highest BCUT2D eigenvalue weighted by Gasteiger charge is 2.09. The van der Waals surface area contributed by atoms with Crippen LogP contribution in [0, 0.1) is 0 Å². The average molecular weight is 287 g/mol. The van der Waals surface area contributed by atoms with Crippen molar-refractivity contribution in [1.29, 1.82) is 0 Å². The van der Waals surface area contributed by atoms with Crippen molar-refractivity contribution >= 4 is 17.5 Å². The highest BCUT2D eigenvalue weighted by Crippen LogP contribution is 2.11. The third-order valence-electron chi connectivity index (χ3n) is 2.59. The van der Waals surface area contributed by atoms with E-state index in [-0.39, 0.29) is 12.5 Å². The number of ether oxygens (including phenoxy) is 1. The lowest BCUT2D eigenvalue weighted by molar-refractivity contribution is 0.0587. The highest BCUT2D eigenvalue weighted by molar-refractivity contribution is 6.29. The SMILES string of the molecule is CCc1cc(C(=O)NCCC(O)COC)cc(Cl)n1. The number of amides is 1. The van der Waals surface area contributed by atoms with Crippen molar-refractivity contribution in [2.45, 2.75) is 25.9 Å². The Hall–Kier alpha value is -1.17. The number of aliphatic hydroxyl groups is 1. The molecule has 1 aromatic rings. The van der Waals surface area contributed by atoms with E-state index in [4.69, 9.17) is 16.3 Å². The normalized spacial score (nSPS) is 12.2. The van der Waals surface area contributed by atoms with Crippen LogP contribution in [0.1, 0.15) is 29.4 Å². The molecule has 19 heavy (non-hydrogen) atoms. The number of aromatic nitrogens is 1. The second kappa shape index (κ2) is 8.09. The van der Waals surface area contributed by atoms with Gasteiger partial charge >= 0.3 is 0 Å². The molecule has 0 saturated heterocycles. The maximum Gasteiger partial charge on any atom is 0.251 e. The van der Waals surface area contributed by atoms with Crippen molar-refractivity contribution in [3.05, 3.63) is 28.5 Å². The summed E-state index contributed by atoms with van der Waals surface area (Å²) in [5.74, 6) is -0.219. The van der Waals surface area contributed by atoms with Crippen molar-refractivity contribution in [3.63, 3.8) is 0 Å². The Morgan fingerprint density at radius 3 is 2.95 bits per heavy atom. The molecule has 0 spiro atoms. The molecule has 1 heterocycles. The van der Waals surface area contributed by atoms with Crippen LogP contribution in [0.15, 0.2) is 12.1 Å². The Kier molecular flexibility index (Phi) is 6.77. The van der Waals surface area contributed by atoms with Gasteiger partial charge in [0.05, 0.1) is 12.7 Å². The van der Waals surface area contributed by atoms with E-state index in [0.29, 0.717) is 30.1 Å². The second-order valence-corrected chi connectivity index (χ2v) is 4.56. The fraction of sp³-hybridized carbons (Fsp3) is 0.538. The molecule has 2 N–H and O–H groups in total. The minimum absolute atomic E-state index is 0.219. The molecule has 5 nitrogen and oxygen atoms in total. The van der Waals surface area contributed by atoms with E-state index in [2.05, 4.69) is 10.3 Å². The van der Waals surface area contributed by atoms with Crippen LogP contribution >= 0.6 is 11.6 Å². The third kappa shape index (κ3) is 5.55. The van der Waals surface area contributed by atoms with Crippen molar-refractivity contribution in [1.82, 2.24) is 10.3 Å². The standard InChI is InChI=1S/C13H19ClN2O3/c1-3-10-6-9(7-12(14)16-10)13(18)15-5-4-11(17)8-19-2/h6-7,11,17H,3-5,8H2,1-2H3,(H,15,18). The van der Waals surface area contributed by atoms with Crippen molar-refractivity contribution in [2.24, 2.45) is 0 Å². The van der Waals surface area contributed by atoms with Crippen LogP contribution in [0.5, 0.6) is 0 Å². The fourth-order valence-electron chi connectivity index (χ4n) is 1.59. The Bertz CT molecular complexity index is 426. The molecule has 0 bridgehead atoms. The van der Waals surface area contributed by atoms with Gasteiger partial charge in [-0.1, -0.05) is 18.5 Å². The van der Waals surface area contributed by atoms with Gasteiger partial charge < -0.3 is 15.2 Å². The summed E-state index contributed by atoms with van der Waals surface area (Å²) >= 11 is 5.85. The number of aliphatic hydroxyl groups excluding tert-OH is 1. The minimum atomic E-state index is -0.572. The molecule has 1 unspecified atom stereocenters. The molecular formula is C13H19ClN2O3. The number of rotatable bonds is 7. The maximum atomic E-state index is 11.9. The van der Waals surface area contributed by atoms with E-state index >= 15 is 0 Å². The Labute approximate surface area is 117 Å². The van der Waals surface area contributed by atoms with E-state index in [1.807, 2.05) is 6.92 Å². The lowest BCUT2D eigenvalue weighted by Gasteiger charge is -2.10. The van der Waals surface area contributed by atoms with Gasteiger partial charge in [-0.2, -0.15) is 0 Å². The van der Waals surface area contributed by atoms with Gasteiger partial charge in [-0.05, 0) is 25.0 Å². The van der Waals surface area contributed by atoms with Gasteiger partial charge in [0.25, 0.3) is 5.91 Å². The lowest BCUT2D eigenvalue weighted by Crippen LogP contribution is -2.28. The number of nitrogens with zero attached hydrogens (tertiary/aromatic N) is 1. The average Bonchev–Trinajstić information content (AvgIpc) is 2.38. The van der Waals surface area contributed by atoms with E-state index in [1.165, 1.54) is 13.2 Å². The number of carbonyl (C=O) groups is 1. The first-order valence-electron chi connectivity index (χ1n) is 6.18. The van der Waals surface area contributed by atoms with Gasteiger partial charge in [0.2, 0.25) is 0 Å². The molecule has 1 amide bonds. The molecule has 0 fully saturated rings. The van der Waals surface area contributed by atoms with Gasteiger partial charge in [0.15, 0.2) is 0 Å². The summed E-state index contributed by atoms with van der Waals surface area (Å²) in [6.45, 7) is 2.59. The van der Waals surface area contributed by atoms with Crippen LogP contribution in [0.3, 0.4) is 0 Å². The van der Waals surface area contributed by atoms with Crippen molar-refractivity contribution < 1.29 is 14.6 Å². The topological polar surface area (TPSA) is 71.5 Å². The first kappa shape index (κ1) is 15.9. The molecule has 1 atom stereocenters. The first-order valence-corrected chi connectivity index (χ1v) is 6.56. The lowest BCUT2D eigenvalue weighted by atomic mass is 10.2. The fourth-order valence-corrected chi connectivity index (χ4v) is 1.82. The number of aryl methyl sites for hydroxylation is 1. The van der Waals surface area contributed by atoms with Crippen molar-refractivity contribution in [3.8, 4) is 0 Å². The first-order chi connectivity index (χ1) is 9.06. The predicted octanol–water partition coefficient (Wildman–Crippen LogP) is 1.42. The van der Waals surface area contributed by atoms with Crippen LogP contribution in [-0.4, -0.2) is 42.4 Å². The van der Waals surface area contributed by atoms with Gasteiger partial charge in [-0.15, -0.1) is 0 Å². The number of halogens is 1. The summed E-state index contributed by atoms with van der Waals surface area (Å²) in [5, 5.41) is 12.5. The highest BCUT2D eigenvalue weighted by atomic mass is 35.5. The van der Waals surface area contributed by atoms with Gasteiger partial charge in [-0.25, -0.2) is 4.98 Å². The summed E-state index contributed by atoms with van der Waals surface area (Å²) < 4.78 is 4.80. The zero-order chi connectivity index (χ0) is 14.3. The monoisotopic (exact) mass is 286 g/mol. The zero-order valence-corrected chi connectivity index (χ0v) is 11.9. The van der Waals surface area contributed by atoms with Crippen molar-refractivity contribution in [2.75, 3.05) is 20.3 Å². The van der Waals surface area contributed by atoms with Crippen LogP contribution in [0.2, 0.25) is 5.15 Å². The summed E-state index contributed by atoms with van der Waals surface area (Å²) in [7, 11) is 1.52. The molecule has 0 aliphatic rings.